The Kier molecular flexibility index (Phi) is 3.43. The van der Waals surface area contributed by atoms with E-state index in [9.17, 15) is 9.18 Å². The first-order chi connectivity index (χ1) is 8.47. The van der Waals surface area contributed by atoms with E-state index in [1.54, 1.807) is 26.0 Å². The molecule has 1 aromatic heterocycles. The molecule has 1 heterocycles. The van der Waals surface area contributed by atoms with Crippen molar-refractivity contribution in [1.29, 1.82) is 0 Å². The predicted molar refractivity (Wildman–Crippen MR) is 68.3 cm³/mol. The fourth-order valence-corrected chi connectivity index (χ4v) is 2.68. The third-order valence-electron chi connectivity index (χ3n) is 2.61. The minimum Gasteiger partial charge on any atom is -0.481 e. The van der Waals surface area contributed by atoms with Gasteiger partial charge in [-0.2, -0.15) is 0 Å². The van der Waals surface area contributed by atoms with Crippen LogP contribution < -0.4 is 0 Å². The molecule has 94 valence electrons. The summed E-state index contributed by atoms with van der Waals surface area (Å²) in [6.07, 6.45) is -0.0241. The Morgan fingerprint density at radius 2 is 2.17 bits per heavy atom. The van der Waals surface area contributed by atoms with Gasteiger partial charge in [-0.25, -0.2) is 9.37 Å². The van der Waals surface area contributed by atoms with Crippen LogP contribution in [0.5, 0.6) is 0 Å². The molecule has 0 aliphatic heterocycles. The molecule has 0 unspecified atom stereocenters. The highest BCUT2D eigenvalue weighted by atomic mass is 32.1. The molecule has 2 aromatic rings. The number of hydrogen-bond acceptors (Lipinski definition) is 3. The van der Waals surface area contributed by atoms with Crippen LogP contribution in [0.2, 0.25) is 0 Å². The monoisotopic (exact) mass is 265 g/mol. The van der Waals surface area contributed by atoms with E-state index in [0.29, 0.717) is 5.56 Å². The molecule has 0 bridgehead atoms. The molecule has 0 aliphatic carbocycles. The van der Waals surface area contributed by atoms with Crippen LogP contribution in [0.3, 0.4) is 0 Å². The summed E-state index contributed by atoms with van der Waals surface area (Å²) in [5.74, 6) is -1.12. The third-order valence-corrected chi connectivity index (χ3v) is 3.82. The summed E-state index contributed by atoms with van der Waals surface area (Å²) < 4.78 is 13.2. The van der Waals surface area contributed by atoms with Gasteiger partial charge in [-0.3, -0.25) is 4.79 Å². The molecule has 5 heteroatoms. The summed E-state index contributed by atoms with van der Waals surface area (Å²) >= 11 is 1.34. The zero-order valence-corrected chi connectivity index (χ0v) is 10.8. The number of rotatable bonds is 3. The first-order valence-electron chi connectivity index (χ1n) is 5.42. The number of hydrogen-bond donors (Lipinski definition) is 1. The summed E-state index contributed by atoms with van der Waals surface area (Å²) in [6, 6.07) is 4.78. The first kappa shape index (κ1) is 12.7. The summed E-state index contributed by atoms with van der Waals surface area (Å²) in [6.45, 7) is 3.48. The van der Waals surface area contributed by atoms with Gasteiger partial charge in [-0.05, 0) is 37.6 Å². The molecule has 3 nitrogen and oxygen atoms in total. The number of benzene rings is 1. The number of halogens is 1. The Morgan fingerprint density at radius 3 is 2.78 bits per heavy atom. The molecule has 0 spiro atoms. The van der Waals surface area contributed by atoms with E-state index in [2.05, 4.69) is 4.98 Å². The quantitative estimate of drug-likeness (QED) is 0.927. The van der Waals surface area contributed by atoms with E-state index in [1.807, 2.05) is 0 Å². The van der Waals surface area contributed by atoms with Gasteiger partial charge in [0.15, 0.2) is 0 Å². The molecule has 2 rings (SSSR count). The van der Waals surface area contributed by atoms with Crippen molar-refractivity contribution in [1.82, 2.24) is 4.98 Å². The normalized spacial score (nSPS) is 10.6. The number of aromatic nitrogens is 1. The molecule has 18 heavy (non-hydrogen) atoms. The van der Waals surface area contributed by atoms with Gasteiger partial charge in [-0.1, -0.05) is 0 Å². The maximum Gasteiger partial charge on any atom is 0.308 e. The third kappa shape index (κ3) is 2.56. The van der Waals surface area contributed by atoms with Crippen molar-refractivity contribution in [3.63, 3.8) is 0 Å². The number of thiazole rings is 1. The van der Waals surface area contributed by atoms with Gasteiger partial charge in [0.1, 0.15) is 10.8 Å². The van der Waals surface area contributed by atoms with E-state index < -0.39 is 5.97 Å². The first-order valence-corrected chi connectivity index (χ1v) is 6.23. The van der Waals surface area contributed by atoms with Crippen LogP contribution in [0, 0.1) is 19.7 Å². The summed E-state index contributed by atoms with van der Waals surface area (Å²) in [5.41, 5.74) is 2.10. The lowest BCUT2D eigenvalue weighted by Gasteiger charge is -1.99. The number of carboxylic acids is 1. The molecule has 1 aromatic carbocycles. The molecular formula is C13H12FNO2S. The maximum absolute atomic E-state index is 13.2. The van der Waals surface area contributed by atoms with Gasteiger partial charge in [0, 0.05) is 10.4 Å². The smallest absolute Gasteiger partial charge is 0.308 e. The zero-order chi connectivity index (χ0) is 13.3. The van der Waals surface area contributed by atoms with E-state index in [0.717, 1.165) is 21.1 Å². The minimum atomic E-state index is -0.872. The van der Waals surface area contributed by atoms with Crippen LogP contribution >= 0.6 is 11.3 Å². The van der Waals surface area contributed by atoms with Gasteiger partial charge in [0.2, 0.25) is 0 Å². The van der Waals surface area contributed by atoms with Crippen molar-refractivity contribution in [3.05, 3.63) is 40.2 Å². The van der Waals surface area contributed by atoms with E-state index >= 15 is 0 Å². The van der Waals surface area contributed by atoms with Crippen molar-refractivity contribution in [2.75, 3.05) is 0 Å². The number of aliphatic carboxylic acids is 1. The molecule has 0 saturated carbocycles. The summed E-state index contributed by atoms with van der Waals surface area (Å²) in [5, 5.41) is 9.51. The maximum atomic E-state index is 13.2. The number of carbonyl (C=O) groups is 1. The van der Waals surface area contributed by atoms with Crippen molar-refractivity contribution in [2.24, 2.45) is 0 Å². The van der Waals surface area contributed by atoms with Crippen LogP contribution in [0.4, 0.5) is 4.39 Å². The highest BCUT2D eigenvalue weighted by Crippen LogP contribution is 2.29. The number of carboxylic acid groups (broad SMARTS) is 1. The van der Waals surface area contributed by atoms with Gasteiger partial charge in [0.05, 0.1) is 12.1 Å². The standard InChI is InChI=1S/C13H12FNO2S/c1-7-5-9(3-4-10(7)14)13-15-8(2)11(18-13)6-12(16)17/h3-5H,6H2,1-2H3,(H,16,17). The molecule has 0 aliphatic rings. The zero-order valence-electron chi connectivity index (χ0n) is 10.0. The number of aryl methyl sites for hydroxylation is 2. The highest BCUT2D eigenvalue weighted by molar-refractivity contribution is 7.15. The topological polar surface area (TPSA) is 50.2 Å². The molecule has 1 N–H and O–H groups in total. The molecule has 0 saturated heterocycles. The van der Waals surface area contributed by atoms with Gasteiger partial charge in [-0.15, -0.1) is 11.3 Å². The largest absolute Gasteiger partial charge is 0.481 e. The fraction of sp³-hybridized carbons (Fsp3) is 0.231. The van der Waals surface area contributed by atoms with E-state index in [4.69, 9.17) is 5.11 Å². The van der Waals surface area contributed by atoms with Crippen LogP contribution in [0.1, 0.15) is 16.1 Å². The predicted octanol–water partition coefficient (Wildman–Crippen LogP) is 3.19. The lowest BCUT2D eigenvalue weighted by atomic mass is 10.1. The Bertz CT molecular complexity index is 607. The van der Waals surface area contributed by atoms with E-state index in [-0.39, 0.29) is 12.2 Å². The molecule has 0 radical (unpaired) electrons. The second-order valence-electron chi connectivity index (χ2n) is 4.06. The molecule has 0 atom stereocenters. The average molecular weight is 265 g/mol. The van der Waals surface area contributed by atoms with Gasteiger partial charge in [0.25, 0.3) is 0 Å². The number of nitrogens with zero attached hydrogens (tertiary/aromatic N) is 1. The van der Waals surface area contributed by atoms with Gasteiger partial charge >= 0.3 is 5.97 Å². The van der Waals surface area contributed by atoms with Crippen LogP contribution in [-0.2, 0) is 11.2 Å². The minimum absolute atomic E-state index is 0.0241. The van der Waals surface area contributed by atoms with Crippen LogP contribution in [-0.4, -0.2) is 16.1 Å². The second-order valence-corrected chi connectivity index (χ2v) is 5.15. The highest BCUT2D eigenvalue weighted by Gasteiger charge is 2.12. The van der Waals surface area contributed by atoms with Crippen LogP contribution in [0.15, 0.2) is 18.2 Å². The van der Waals surface area contributed by atoms with Crippen molar-refractivity contribution < 1.29 is 14.3 Å². The molecule has 0 fully saturated rings. The lowest BCUT2D eigenvalue weighted by Crippen LogP contribution is -1.99. The van der Waals surface area contributed by atoms with E-state index in [1.165, 1.54) is 17.4 Å². The average Bonchev–Trinajstić information content (AvgIpc) is 2.63. The Hall–Kier alpha value is -1.75. The van der Waals surface area contributed by atoms with Crippen LogP contribution in [0.25, 0.3) is 10.6 Å². The second kappa shape index (κ2) is 4.86. The summed E-state index contributed by atoms with van der Waals surface area (Å²) in [7, 11) is 0. The Morgan fingerprint density at radius 1 is 1.44 bits per heavy atom. The van der Waals surface area contributed by atoms with Crippen molar-refractivity contribution in [2.45, 2.75) is 20.3 Å². The summed E-state index contributed by atoms with van der Waals surface area (Å²) in [4.78, 5) is 15.8. The fourth-order valence-electron chi connectivity index (χ4n) is 1.63. The Balaban J connectivity index is 2.39. The Labute approximate surface area is 108 Å². The molecular weight excluding hydrogens is 253 g/mol. The SMILES string of the molecule is Cc1cc(-c2nc(C)c(CC(=O)O)s2)ccc1F. The molecule has 0 amide bonds. The van der Waals surface area contributed by atoms with Gasteiger partial charge < -0.3 is 5.11 Å². The van der Waals surface area contributed by atoms with Crippen molar-refractivity contribution in [3.8, 4) is 10.6 Å². The lowest BCUT2D eigenvalue weighted by molar-refractivity contribution is -0.136. The van der Waals surface area contributed by atoms with Crippen molar-refractivity contribution >= 4 is 17.3 Å².